The molecule has 1 N–H and O–H groups in total. The van der Waals surface area contributed by atoms with E-state index < -0.39 is 30.0 Å². The molecule has 0 amide bonds. The minimum Gasteiger partial charge on any atom is -0.476 e. The van der Waals surface area contributed by atoms with Gasteiger partial charge in [-0.05, 0) is 0 Å². The highest BCUT2D eigenvalue weighted by atomic mass is 16.7. The van der Waals surface area contributed by atoms with Crippen LogP contribution in [0.3, 0.4) is 0 Å². The minimum absolute atomic E-state index is 0.541. The van der Waals surface area contributed by atoms with E-state index in [0.29, 0.717) is 0 Å². The topological polar surface area (TPSA) is 102 Å². The average molecular weight is 203 g/mol. The first-order valence-corrected chi connectivity index (χ1v) is 3.50. The van der Waals surface area contributed by atoms with Crippen LogP contribution < -0.4 is 0 Å². The number of aliphatic carboxylic acids is 1. The first kappa shape index (κ1) is 12.1. The van der Waals surface area contributed by atoms with Gasteiger partial charge in [0, 0.05) is 6.92 Å². The summed E-state index contributed by atoms with van der Waals surface area (Å²) in [6.07, 6.45) is 0. The Morgan fingerprint density at radius 2 is 1.93 bits per heavy atom. The molecule has 78 valence electrons. The molecule has 0 aliphatic carbocycles. The van der Waals surface area contributed by atoms with E-state index in [1.165, 1.54) is 0 Å². The number of nitrogens with zero attached hydrogens (tertiary/aromatic N) is 1. The molecule has 0 aromatic heterocycles. The van der Waals surface area contributed by atoms with Crippen molar-refractivity contribution in [1.29, 1.82) is 0 Å². The molecule has 0 saturated heterocycles. The molecule has 0 aliphatic rings. The van der Waals surface area contributed by atoms with Gasteiger partial charge in [0.15, 0.2) is 5.78 Å². The molecule has 0 unspecified atom stereocenters. The van der Waals surface area contributed by atoms with Crippen molar-refractivity contribution < 1.29 is 29.1 Å². The maximum atomic E-state index is 10.6. The monoisotopic (exact) mass is 203 g/mol. The van der Waals surface area contributed by atoms with Crippen LogP contribution in [0.5, 0.6) is 0 Å². The Bertz CT molecular complexity index is 266. The van der Waals surface area contributed by atoms with Crippen molar-refractivity contribution in [2.24, 2.45) is 5.16 Å². The number of hydrogen-bond acceptors (Lipinski definition) is 6. The average Bonchev–Trinajstić information content (AvgIpc) is 2.10. The van der Waals surface area contributed by atoms with Crippen LogP contribution in [0.1, 0.15) is 6.92 Å². The maximum Gasteiger partial charge on any atom is 0.361 e. The van der Waals surface area contributed by atoms with E-state index in [4.69, 9.17) is 5.11 Å². The van der Waals surface area contributed by atoms with Crippen LogP contribution in [-0.2, 0) is 24.0 Å². The first-order valence-electron chi connectivity index (χ1n) is 3.50. The van der Waals surface area contributed by atoms with E-state index >= 15 is 0 Å². The van der Waals surface area contributed by atoms with Gasteiger partial charge in [-0.25, -0.2) is 9.59 Å². The fraction of sp³-hybridized carbons (Fsp3) is 0.429. The number of oxime groups is 1. The summed E-state index contributed by atoms with van der Waals surface area (Å²) in [7, 11) is 1.14. The first-order chi connectivity index (χ1) is 6.49. The summed E-state index contributed by atoms with van der Waals surface area (Å²) in [6.45, 7) is 0.481. The molecule has 14 heavy (non-hydrogen) atoms. The third-order valence-corrected chi connectivity index (χ3v) is 1.10. The number of carboxylic acid groups (broad SMARTS) is 1. The zero-order chi connectivity index (χ0) is 11.1. The Balaban J connectivity index is 4.25. The van der Waals surface area contributed by atoms with E-state index in [0.717, 1.165) is 14.0 Å². The normalized spacial score (nSPS) is 10.6. The summed E-state index contributed by atoms with van der Waals surface area (Å²) in [5.41, 5.74) is -0.770. The molecule has 0 bridgehead atoms. The molecule has 0 aliphatic heterocycles. The summed E-state index contributed by atoms with van der Waals surface area (Å²) >= 11 is 0. The molecule has 7 nitrogen and oxygen atoms in total. The number of carbonyl (C=O) groups is 3. The molecule has 0 spiro atoms. The van der Waals surface area contributed by atoms with Gasteiger partial charge in [0.25, 0.3) is 0 Å². The molecule has 7 heteroatoms. The van der Waals surface area contributed by atoms with Gasteiger partial charge in [0.05, 0.1) is 7.11 Å². The number of methoxy groups -OCH3 is 1. The van der Waals surface area contributed by atoms with Crippen LogP contribution in [0.4, 0.5) is 0 Å². The number of rotatable bonds is 5. The zero-order valence-corrected chi connectivity index (χ0v) is 7.64. The molecule has 0 fully saturated rings. The molecule has 0 rings (SSSR count). The van der Waals surface area contributed by atoms with Crippen molar-refractivity contribution in [3.8, 4) is 0 Å². The van der Waals surface area contributed by atoms with E-state index in [1.807, 2.05) is 0 Å². The lowest BCUT2D eigenvalue weighted by atomic mass is 10.3. The molecule has 0 aromatic carbocycles. The van der Waals surface area contributed by atoms with Gasteiger partial charge in [-0.3, -0.25) is 4.79 Å². The largest absolute Gasteiger partial charge is 0.476 e. The fourth-order valence-corrected chi connectivity index (χ4v) is 0.462. The molecular weight excluding hydrogens is 194 g/mol. The molecular formula is C7H9NO6. The lowest BCUT2D eigenvalue weighted by Gasteiger charge is -1.98. The summed E-state index contributed by atoms with van der Waals surface area (Å²) in [4.78, 5) is 35.7. The third-order valence-electron chi connectivity index (χ3n) is 1.10. The smallest absolute Gasteiger partial charge is 0.361 e. The van der Waals surface area contributed by atoms with Crippen LogP contribution >= 0.6 is 0 Å². The lowest BCUT2D eigenvalue weighted by Crippen LogP contribution is -2.22. The van der Waals surface area contributed by atoms with Crippen molar-refractivity contribution in [1.82, 2.24) is 0 Å². The highest BCUT2D eigenvalue weighted by molar-refractivity contribution is 6.63. The highest BCUT2D eigenvalue weighted by Crippen LogP contribution is 1.86. The minimum atomic E-state index is -1.51. The molecule has 0 radical (unpaired) electrons. The van der Waals surface area contributed by atoms with Gasteiger partial charge in [-0.2, -0.15) is 0 Å². The molecule has 0 aromatic rings. The lowest BCUT2D eigenvalue weighted by molar-refractivity contribution is -0.146. The van der Waals surface area contributed by atoms with Crippen molar-refractivity contribution >= 4 is 23.4 Å². The SMILES string of the molecule is COC(=O)CON=C(C(C)=O)C(=O)O. The van der Waals surface area contributed by atoms with Crippen molar-refractivity contribution in [2.45, 2.75) is 6.92 Å². The van der Waals surface area contributed by atoms with Crippen molar-refractivity contribution in [2.75, 3.05) is 13.7 Å². The number of esters is 1. The van der Waals surface area contributed by atoms with Gasteiger partial charge in [0.2, 0.25) is 12.3 Å². The maximum absolute atomic E-state index is 10.6. The Morgan fingerprint density at radius 3 is 2.29 bits per heavy atom. The second kappa shape index (κ2) is 5.68. The quantitative estimate of drug-likeness (QED) is 0.272. The van der Waals surface area contributed by atoms with E-state index in [-0.39, 0.29) is 0 Å². The Kier molecular flexibility index (Phi) is 4.90. The van der Waals surface area contributed by atoms with Crippen LogP contribution in [0.15, 0.2) is 5.16 Å². The van der Waals surface area contributed by atoms with Gasteiger partial charge in [-0.1, -0.05) is 5.16 Å². The summed E-state index contributed by atoms with van der Waals surface area (Å²) in [5.74, 6) is -2.99. The number of Topliss-reactive ketones (excluding diaryl/α,β-unsaturated/α-hetero) is 1. The number of ketones is 1. The van der Waals surface area contributed by atoms with Gasteiger partial charge < -0.3 is 14.7 Å². The highest BCUT2D eigenvalue weighted by Gasteiger charge is 2.16. The fourth-order valence-electron chi connectivity index (χ4n) is 0.462. The number of carboxylic acids is 1. The van der Waals surface area contributed by atoms with E-state index in [2.05, 4.69) is 14.7 Å². The van der Waals surface area contributed by atoms with Gasteiger partial charge >= 0.3 is 11.9 Å². The van der Waals surface area contributed by atoms with Crippen LogP contribution in [0, 0.1) is 0 Å². The predicted molar refractivity (Wildman–Crippen MR) is 43.7 cm³/mol. The standard InChI is InChI=1S/C7H9NO6/c1-4(9)6(7(11)12)8-14-3-5(10)13-2/h3H2,1-2H3,(H,11,12). The van der Waals surface area contributed by atoms with Crippen molar-refractivity contribution in [3.63, 3.8) is 0 Å². The van der Waals surface area contributed by atoms with Gasteiger partial charge in [-0.15, -0.1) is 0 Å². The molecule has 0 atom stereocenters. The number of ether oxygens (including phenoxy) is 1. The Labute approximate surface area is 79.3 Å². The third kappa shape index (κ3) is 4.19. The van der Waals surface area contributed by atoms with Crippen LogP contribution in [-0.4, -0.2) is 42.3 Å². The second-order valence-corrected chi connectivity index (χ2v) is 2.15. The van der Waals surface area contributed by atoms with E-state index in [1.54, 1.807) is 0 Å². The van der Waals surface area contributed by atoms with E-state index in [9.17, 15) is 14.4 Å². The Morgan fingerprint density at radius 1 is 1.36 bits per heavy atom. The summed E-state index contributed by atoms with van der Waals surface area (Å²) in [6, 6.07) is 0. The Hall–Kier alpha value is -1.92. The molecule has 0 saturated carbocycles. The van der Waals surface area contributed by atoms with Crippen molar-refractivity contribution in [3.05, 3.63) is 0 Å². The number of carbonyl (C=O) groups excluding carboxylic acids is 2. The van der Waals surface area contributed by atoms with Crippen LogP contribution in [0.2, 0.25) is 0 Å². The molecule has 0 heterocycles. The zero-order valence-electron chi connectivity index (χ0n) is 7.64. The second-order valence-electron chi connectivity index (χ2n) is 2.15. The summed E-state index contributed by atoms with van der Waals surface area (Å²) < 4.78 is 4.19. The summed E-state index contributed by atoms with van der Waals surface area (Å²) in [5, 5.41) is 11.4. The van der Waals surface area contributed by atoms with Gasteiger partial charge in [0.1, 0.15) is 0 Å². The predicted octanol–water partition coefficient (Wildman–Crippen LogP) is -0.794. The number of hydrogen-bond donors (Lipinski definition) is 1. The van der Waals surface area contributed by atoms with Crippen LogP contribution in [0.25, 0.3) is 0 Å².